The summed E-state index contributed by atoms with van der Waals surface area (Å²) in [6.45, 7) is 12.9. The van der Waals surface area contributed by atoms with Crippen molar-refractivity contribution in [3.8, 4) is 5.75 Å². The number of hydrogen-bond donors (Lipinski definition) is 0. The summed E-state index contributed by atoms with van der Waals surface area (Å²) in [6.07, 6.45) is 3.05. The van der Waals surface area contributed by atoms with Crippen molar-refractivity contribution in [2.75, 3.05) is 19.8 Å². The van der Waals surface area contributed by atoms with Crippen LogP contribution in [-0.4, -0.2) is 37.2 Å². The molecule has 1 aromatic carbocycles. The van der Waals surface area contributed by atoms with Crippen LogP contribution in [0, 0.1) is 0 Å². The van der Waals surface area contributed by atoms with Crippen LogP contribution < -0.4 is 4.43 Å². The molecule has 0 radical (unpaired) electrons. The summed E-state index contributed by atoms with van der Waals surface area (Å²) < 4.78 is 30.2. The third-order valence-corrected chi connectivity index (χ3v) is 10.7. The lowest BCUT2D eigenvalue weighted by atomic mass is 10.1. The molecule has 0 fully saturated rings. The van der Waals surface area contributed by atoms with Gasteiger partial charge in [-0.25, -0.2) is 0 Å². The highest BCUT2D eigenvalue weighted by molar-refractivity contribution is 6.67. The van der Waals surface area contributed by atoms with Crippen molar-refractivity contribution in [2.24, 2.45) is 0 Å². The molecule has 1 heterocycles. The Labute approximate surface area is 166 Å². The van der Waals surface area contributed by atoms with Crippen LogP contribution in [0.15, 0.2) is 18.2 Å². The van der Waals surface area contributed by atoms with E-state index in [0.717, 1.165) is 42.7 Å². The van der Waals surface area contributed by atoms with E-state index in [4.69, 9.17) is 22.1 Å². The Morgan fingerprint density at radius 1 is 1.04 bits per heavy atom. The molecule has 154 valence electrons. The summed E-state index contributed by atoms with van der Waals surface area (Å²) >= 11 is 0. The summed E-state index contributed by atoms with van der Waals surface area (Å²) in [4.78, 5) is 0. The Morgan fingerprint density at radius 2 is 1.70 bits per heavy atom. The summed E-state index contributed by atoms with van der Waals surface area (Å²) in [5.74, 6) is 1.01. The third-order valence-electron chi connectivity index (χ3n) is 4.73. The fourth-order valence-electron chi connectivity index (χ4n) is 3.58. The molecule has 27 heavy (non-hydrogen) atoms. The van der Waals surface area contributed by atoms with Crippen LogP contribution in [0.5, 0.6) is 5.75 Å². The number of benzene rings is 1. The van der Waals surface area contributed by atoms with Gasteiger partial charge < -0.3 is 22.1 Å². The van der Waals surface area contributed by atoms with Crippen LogP contribution in [0.1, 0.15) is 51.7 Å². The zero-order valence-corrected chi connectivity index (χ0v) is 19.6. The normalized spacial score (nSPS) is 19.6. The van der Waals surface area contributed by atoms with Crippen molar-refractivity contribution in [2.45, 2.75) is 72.2 Å². The second-order valence-corrected chi connectivity index (χ2v) is 13.0. The zero-order chi connectivity index (χ0) is 19.8. The highest BCUT2D eigenvalue weighted by Gasteiger charge is 2.40. The standard InChI is InChI=1S/C20H36O5Si2/c1-6-14-26(5)24-17-19-16-18(12-13-20(19)25-26)11-10-15-27(21-7-2,22-8-3)23-9-4/h12-13,16H,6-11,14-15,17H2,1-5H3. The topological polar surface area (TPSA) is 46.2 Å². The van der Waals surface area contributed by atoms with Crippen molar-refractivity contribution in [1.82, 2.24) is 0 Å². The maximum atomic E-state index is 6.23. The zero-order valence-electron chi connectivity index (χ0n) is 17.6. The van der Waals surface area contributed by atoms with E-state index in [-0.39, 0.29) is 0 Å². The number of hydrogen-bond acceptors (Lipinski definition) is 5. The van der Waals surface area contributed by atoms with E-state index in [2.05, 4.69) is 31.7 Å². The Hall–Kier alpha value is -0.706. The summed E-state index contributed by atoms with van der Waals surface area (Å²) in [5, 5.41) is 0. The molecule has 0 amide bonds. The predicted octanol–water partition coefficient (Wildman–Crippen LogP) is 5.06. The van der Waals surface area contributed by atoms with Crippen LogP contribution in [0.25, 0.3) is 0 Å². The fraction of sp³-hybridized carbons (Fsp3) is 0.700. The minimum absolute atomic E-state index is 0.625. The Balaban J connectivity index is 1.96. The molecule has 0 saturated carbocycles. The number of fused-ring (bicyclic) bond motifs is 1. The molecule has 1 aliphatic rings. The molecule has 0 aromatic heterocycles. The third kappa shape index (κ3) is 6.40. The summed E-state index contributed by atoms with van der Waals surface area (Å²) in [7, 11) is -4.58. The van der Waals surface area contributed by atoms with Gasteiger partial charge in [0.05, 0.1) is 6.61 Å². The van der Waals surface area contributed by atoms with Gasteiger partial charge in [-0.3, -0.25) is 0 Å². The van der Waals surface area contributed by atoms with E-state index in [1.807, 2.05) is 20.8 Å². The minimum atomic E-state index is -2.55. The predicted molar refractivity (Wildman–Crippen MR) is 112 cm³/mol. The summed E-state index contributed by atoms with van der Waals surface area (Å²) in [6, 6.07) is 8.39. The lowest BCUT2D eigenvalue weighted by Gasteiger charge is -2.33. The molecule has 1 aromatic rings. The number of aryl methyl sites for hydroxylation is 1. The first kappa shape index (κ1) is 22.6. The smallest absolute Gasteiger partial charge is 0.500 e. The Morgan fingerprint density at radius 3 is 2.30 bits per heavy atom. The SMILES string of the molecule is CCC[Si]1(C)OCc2cc(CCC[Si](OCC)(OCC)OCC)ccc2O1. The Kier molecular flexibility index (Phi) is 8.98. The van der Waals surface area contributed by atoms with E-state index in [1.54, 1.807) is 0 Å². The van der Waals surface area contributed by atoms with Crippen LogP contribution in [-0.2, 0) is 30.7 Å². The lowest BCUT2D eigenvalue weighted by molar-refractivity contribution is 0.0708. The van der Waals surface area contributed by atoms with Gasteiger partial charge in [-0.1, -0.05) is 19.4 Å². The van der Waals surface area contributed by atoms with Gasteiger partial charge in [-0.05, 0) is 57.9 Å². The average Bonchev–Trinajstić information content (AvgIpc) is 2.63. The van der Waals surface area contributed by atoms with Crippen molar-refractivity contribution < 1.29 is 22.1 Å². The van der Waals surface area contributed by atoms with Gasteiger partial charge in [0, 0.05) is 37.5 Å². The second-order valence-electron chi connectivity index (χ2n) is 7.05. The van der Waals surface area contributed by atoms with Crippen molar-refractivity contribution in [3.05, 3.63) is 29.3 Å². The van der Waals surface area contributed by atoms with Gasteiger partial charge in [0.15, 0.2) is 0 Å². The molecule has 0 saturated heterocycles. The molecule has 0 aliphatic carbocycles. The first-order chi connectivity index (χ1) is 13.0. The fourth-order valence-corrected chi connectivity index (χ4v) is 8.53. The summed E-state index contributed by atoms with van der Waals surface area (Å²) in [5.41, 5.74) is 2.46. The first-order valence-electron chi connectivity index (χ1n) is 10.4. The average molecular weight is 413 g/mol. The van der Waals surface area contributed by atoms with E-state index >= 15 is 0 Å². The molecule has 5 nitrogen and oxygen atoms in total. The molecule has 0 N–H and O–H groups in total. The Bertz CT molecular complexity index is 566. The quantitative estimate of drug-likeness (QED) is 0.449. The van der Waals surface area contributed by atoms with Gasteiger partial charge in [0.2, 0.25) is 0 Å². The van der Waals surface area contributed by atoms with Gasteiger partial charge in [-0.15, -0.1) is 0 Å². The molecule has 7 heteroatoms. The van der Waals surface area contributed by atoms with E-state index in [0.29, 0.717) is 26.4 Å². The van der Waals surface area contributed by atoms with Gasteiger partial charge in [0.1, 0.15) is 5.75 Å². The highest BCUT2D eigenvalue weighted by atomic mass is 28.4. The van der Waals surface area contributed by atoms with E-state index < -0.39 is 17.4 Å². The minimum Gasteiger partial charge on any atom is -0.520 e. The molecule has 0 bridgehead atoms. The van der Waals surface area contributed by atoms with Crippen molar-refractivity contribution in [3.63, 3.8) is 0 Å². The van der Waals surface area contributed by atoms with Gasteiger partial charge >= 0.3 is 17.4 Å². The van der Waals surface area contributed by atoms with E-state index in [1.165, 1.54) is 5.56 Å². The van der Waals surface area contributed by atoms with Crippen LogP contribution in [0.4, 0.5) is 0 Å². The van der Waals surface area contributed by atoms with Crippen LogP contribution in [0.3, 0.4) is 0 Å². The molecule has 2 rings (SSSR count). The van der Waals surface area contributed by atoms with Crippen LogP contribution in [0.2, 0.25) is 18.6 Å². The largest absolute Gasteiger partial charge is 0.520 e. The maximum Gasteiger partial charge on any atom is 0.500 e. The van der Waals surface area contributed by atoms with Crippen molar-refractivity contribution >= 4 is 17.4 Å². The van der Waals surface area contributed by atoms with Crippen molar-refractivity contribution in [1.29, 1.82) is 0 Å². The highest BCUT2D eigenvalue weighted by Crippen LogP contribution is 2.32. The number of rotatable bonds is 12. The molecular weight excluding hydrogens is 376 g/mol. The van der Waals surface area contributed by atoms with Gasteiger partial charge in [-0.2, -0.15) is 0 Å². The molecule has 1 aliphatic heterocycles. The van der Waals surface area contributed by atoms with E-state index in [9.17, 15) is 0 Å². The molecule has 1 unspecified atom stereocenters. The second kappa shape index (κ2) is 10.7. The molecule has 0 spiro atoms. The molecule has 1 atom stereocenters. The van der Waals surface area contributed by atoms with Gasteiger partial charge in [0.25, 0.3) is 0 Å². The lowest BCUT2D eigenvalue weighted by Crippen LogP contribution is -2.46. The molecular formula is C20H36O5Si2. The van der Waals surface area contributed by atoms with Crippen LogP contribution >= 0.6 is 0 Å². The monoisotopic (exact) mass is 412 g/mol. The first-order valence-corrected chi connectivity index (χ1v) is 14.8. The maximum absolute atomic E-state index is 6.23.